The summed E-state index contributed by atoms with van der Waals surface area (Å²) in [4.78, 5) is 10.2. The second-order valence-corrected chi connectivity index (χ2v) is 6.25. The van der Waals surface area contributed by atoms with E-state index in [2.05, 4.69) is 55.5 Å². The Hall–Kier alpha value is -1.38. The van der Waals surface area contributed by atoms with E-state index in [1.54, 1.807) is 0 Å². The van der Waals surface area contributed by atoms with Gasteiger partial charge in [0.1, 0.15) is 0 Å². The minimum absolute atomic E-state index is 0.128. The zero-order valence-corrected chi connectivity index (χ0v) is 12.3. The van der Waals surface area contributed by atoms with Crippen molar-refractivity contribution in [3.8, 4) is 0 Å². The van der Waals surface area contributed by atoms with E-state index in [4.69, 9.17) is 0 Å². The highest BCUT2D eigenvalue weighted by Gasteiger charge is 2.33. The van der Waals surface area contributed by atoms with Gasteiger partial charge in [-0.15, -0.1) is 0 Å². The van der Waals surface area contributed by atoms with Crippen molar-refractivity contribution in [1.82, 2.24) is 0 Å². The predicted octanol–water partition coefficient (Wildman–Crippen LogP) is 2.81. The molecule has 2 aromatic carbocycles. The number of hydrogen-bond donors (Lipinski definition) is 1. The standard InChI is InChI=1S/C16H20OSi/c1-2-13-16(18-17,14-9-5-3-6-10-14)15-11-7-4-8-12-15/h3-12,17H,2,13,18H2,1H3. The van der Waals surface area contributed by atoms with Crippen LogP contribution in [-0.4, -0.2) is 14.6 Å². The normalized spacial score (nSPS) is 12.1. The first-order valence-corrected chi connectivity index (χ1v) is 7.89. The molecule has 1 nitrogen and oxygen atoms in total. The molecule has 0 spiro atoms. The van der Waals surface area contributed by atoms with E-state index in [0.717, 1.165) is 12.8 Å². The zero-order valence-electron chi connectivity index (χ0n) is 10.8. The largest absolute Gasteiger partial charge is 0.437 e. The van der Waals surface area contributed by atoms with Gasteiger partial charge in [-0.3, -0.25) is 0 Å². The molecular weight excluding hydrogens is 236 g/mol. The van der Waals surface area contributed by atoms with Crippen LogP contribution in [0.3, 0.4) is 0 Å². The highest BCUT2D eigenvalue weighted by molar-refractivity contribution is 6.32. The summed E-state index contributed by atoms with van der Waals surface area (Å²) in [6.45, 7) is 2.19. The second-order valence-electron chi connectivity index (χ2n) is 4.72. The van der Waals surface area contributed by atoms with Gasteiger partial charge in [-0.25, -0.2) is 0 Å². The quantitative estimate of drug-likeness (QED) is 0.816. The van der Waals surface area contributed by atoms with Crippen LogP contribution in [0.15, 0.2) is 60.7 Å². The van der Waals surface area contributed by atoms with Crippen LogP contribution in [0.25, 0.3) is 0 Å². The molecule has 1 N–H and O–H groups in total. The molecule has 0 aliphatic carbocycles. The van der Waals surface area contributed by atoms with Crippen LogP contribution < -0.4 is 0 Å². The lowest BCUT2D eigenvalue weighted by Crippen LogP contribution is -2.34. The first-order valence-electron chi connectivity index (χ1n) is 6.55. The third-order valence-corrected chi connectivity index (χ3v) is 5.31. The van der Waals surface area contributed by atoms with E-state index in [0.29, 0.717) is 0 Å². The second kappa shape index (κ2) is 5.98. The highest BCUT2D eigenvalue weighted by Crippen LogP contribution is 2.35. The molecule has 2 rings (SSSR count). The lowest BCUT2D eigenvalue weighted by atomic mass is 9.86. The fraction of sp³-hybridized carbons (Fsp3) is 0.250. The van der Waals surface area contributed by atoms with Crippen LogP contribution in [0.2, 0.25) is 0 Å². The predicted molar refractivity (Wildman–Crippen MR) is 79.3 cm³/mol. The molecular formula is C16H20OSi. The number of rotatable bonds is 5. The number of hydrogen-bond acceptors (Lipinski definition) is 1. The first kappa shape index (κ1) is 13.1. The zero-order chi connectivity index (χ0) is 12.8. The van der Waals surface area contributed by atoms with Crippen LogP contribution in [0.5, 0.6) is 0 Å². The van der Waals surface area contributed by atoms with Crippen LogP contribution in [0.4, 0.5) is 0 Å². The summed E-state index contributed by atoms with van der Waals surface area (Å²) in [6.07, 6.45) is 2.10. The van der Waals surface area contributed by atoms with E-state index in [9.17, 15) is 4.80 Å². The third-order valence-electron chi connectivity index (χ3n) is 3.60. The summed E-state index contributed by atoms with van der Waals surface area (Å²) in [5, 5.41) is -0.128. The fourth-order valence-electron chi connectivity index (χ4n) is 2.66. The maximum absolute atomic E-state index is 10.2. The lowest BCUT2D eigenvalue weighted by molar-refractivity contribution is 0.514. The Morgan fingerprint density at radius 1 is 0.889 bits per heavy atom. The molecule has 0 aromatic heterocycles. The molecule has 0 unspecified atom stereocenters. The van der Waals surface area contributed by atoms with E-state index >= 15 is 0 Å². The SMILES string of the molecule is CCCC([SiH2]O)(c1ccccc1)c1ccccc1. The Bertz CT molecular complexity index is 427. The molecule has 94 valence electrons. The minimum Gasteiger partial charge on any atom is -0.437 e. The summed E-state index contributed by atoms with van der Waals surface area (Å²) in [5.74, 6) is 0. The molecule has 2 heteroatoms. The average molecular weight is 256 g/mol. The van der Waals surface area contributed by atoms with E-state index in [1.165, 1.54) is 11.1 Å². The van der Waals surface area contributed by atoms with Gasteiger partial charge in [0.15, 0.2) is 9.76 Å². The Balaban J connectivity index is 2.53. The maximum atomic E-state index is 10.2. The molecule has 0 aliphatic rings. The van der Waals surface area contributed by atoms with Crippen LogP contribution >= 0.6 is 0 Å². The van der Waals surface area contributed by atoms with E-state index in [1.807, 2.05) is 12.1 Å². The van der Waals surface area contributed by atoms with Crippen molar-refractivity contribution < 1.29 is 4.80 Å². The monoisotopic (exact) mass is 256 g/mol. The summed E-state index contributed by atoms with van der Waals surface area (Å²) < 4.78 is 0. The summed E-state index contributed by atoms with van der Waals surface area (Å²) in [5.41, 5.74) is 2.51. The molecule has 0 atom stereocenters. The van der Waals surface area contributed by atoms with Crippen molar-refractivity contribution in [3.63, 3.8) is 0 Å². The molecule has 0 saturated heterocycles. The van der Waals surface area contributed by atoms with Crippen molar-refractivity contribution in [2.24, 2.45) is 0 Å². The van der Waals surface area contributed by atoms with Crippen LogP contribution in [0.1, 0.15) is 30.9 Å². The lowest BCUT2D eigenvalue weighted by Gasteiger charge is -2.32. The molecule has 0 radical (unpaired) electrons. The number of benzene rings is 2. The van der Waals surface area contributed by atoms with Gasteiger partial charge in [0.25, 0.3) is 0 Å². The fourth-order valence-corrected chi connectivity index (χ4v) is 4.01. The van der Waals surface area contributed by atoms with Gasteiger partial charge in [0.2, 0.25) is 0 Å². The van der Waals surface area contributed by atoms with Gasteiger partial charge in [-0.1, -0.05) is 74.0 Å². The van der Waals surface area contributed by atoms with Gasteiger partial charge in [-0.05, 0) is 17.5 Å². The third kappa shape index (κ3) is 2.40. The van der Waals surface area contributed by atoms with E-state index < -0.39 is 9.76 Å². The first-order chi connectivity index (χ1) is 8.83. The highest BCUT2D eigenvalue weighted by atomic mass is 28.2. The Morgan fingerprint density at radius 3 is 1.67 bits per heavy atom. The van der Waals surface area contributed by atoms with Crippen molar-refractivity contribution in [2.45, 2.75) is 24.8 Å². The van der Waals surface area contributed by atoms with Crippen molar-refractivity contribution in [1.29, 1.82) is 0 Å². The van der Waals surface area contributed by atoms with Gasteiger partial charge in [0, 0.05) is 5.04 Å². The van der Waals surface area contributed by atoms with Crippen LogP contribution in [-0.2, 0) is 5.04 Å². The van der Waals surface area contributed by atoms with E-state index in [-0.39, 0.29) is 5.04 Å². The Labute approximate surface area is 111 Å². The molecule has 0 saturated carbocycles. The maximum Gasteiger partial charge on any atom is 0.171 e. The van der Waals surface area contributed by atoms with Crippen LogP contribution in [0, 0.1) is 0 Å². The van der Waals surface area contributed by atoms with Gasteiger partial charge in [0.05, 0.1) is 0 Å². The molecule has 0 fully saturated rings. The minimum atomic E-state index is -1.19. The van der Waals surface area contributed by atoms with Gasteiger partial charge >= 0.3 is 0 Å². The summed E-state index contributed by atoms with van der Waals surface area (Å²) >= 11 is 0. The molecule has 0 heterocycles. The topological polar surface area (TPSA) is 20.2 Å². The van der Waals surface area contributed by atoms with Gasteiger partial charge < -0.3 is 4.80 Å². The van der Waals surface area contributed by atoms with Crippen molar-refractivity contribution in [3.05, 3.63) is 71.8 Å². The van der Waals surface area contributed by atoms with Gasteiger partial charge in [-0.2, -0.15) is 0 Å². The van der Waals surface area contributed by atoms with Crippen molar-refractivity contribution in [2.75, 3.05) is 0 Å². The summed E-state index contributed by atoms with van der Waals surface area (Å²) in [6, 6.07) is 20.9. The molecule has 0 amide bonds. The molecule has 2 aromatic rings. The molecule has 0 aliphatic heterocycles. The van der Waals surface area contributed by atoms with Crippen molar-refractivity contribution >= 4 is 9.76 Å². The molecule has 18 heavy (non-hydrogen) atoms. The summed E-state index contributed by atoms with van der Waals surface area (Å²) in [7, 11) is -1.19. The smallest absolute Gasteiger partial charge is 0.171 e. The Morgan fingerprint density at radius 2 is 1.33 bits per heavy atom. The Kier molecular flexibility index (Phi) is 4.34. The average Bonchev–Trinajstić information content (AvgIpc) is 2.47. The molecule has 0 bridgehead atoms.